The number of amides is 2. The molecule has 1 aromatic rings. The monoisotopic (exact) mass is 618 g/mol. The van der Waals surface area contributed by atoms with Gasteiger partial charge < -0.3 is 29.7 Å². The number of thiophene rings is 1. The number of fused-ring (bicyclic) bond motifs is 1. The minimum atomic E-state index is -0.345. The molecule has 1 aromatic heterocycles. The number of rotatable bonds is 18. The second kappa shape index (κ2) is 18.0. The van der Waals surface area contributed by atoms with E-state index in [1.54, 1.807) is 0 Å². The molecule has 10 nitrogen and oxygen atoms in total. The van der Waals surface area contributed by atoms with Crippen molar-refractivity contribution in [3.8, 4) is 11.5 Å². The van der Waals surface area contributed by atoms with E-state index in [-0.39, 0.29) is 45.2 Å². The van der Waals surface area contributed by atoms with E-state index < -0.39 is 0 Å². The largest absolute Gasteiger partial charge is 0.484 e. The highest BCUT2D eigenvalue weighted by atomic mass is 33.1. The summed E-state index contributed by atoms with van der Waals surface area (Å²) in [5.41, 5.74) is 0. The van der Waals surface area contributed by atoms with Crippen LogP contribution >= 0.6 is 80.1 Å². The van der Waals surface area contributed by atoms with Crippen molar-refractivity contribution in [2.45, 2.75) is 12.1 Å². The Hall–Kier alpha value is -0.400. The summed E-state index contributed by atoms with van der Waals surface area (Å²) in [7, 11) is 5.56. The Morgan fingerprint density at radius 2 is 1.29 bits per heavy atom. The smallest absolute Gasteiger partial charge is 0.265 e. The van der Waals surface area contributed by atoms with Crippen LogP contribution in [0, 0.1) is 0 Å². The van der Waals surface area contributed by atoms with Crippen molar-refractivity contribution in [3.63, 3.8) is 0 Å². The molecular weight excluding hydrogens is 593 g/mol. The van der Waals surface area contributed by atoms with Crippen LogP contribution in [0.5, 0.6) is 11.5 Å². The molecule has 17 heteroatoms. The molecule has 0 saturated carbocycles. The first kappa shape index (κ1) is 30.8. The molecule has 0 unspecified atom stereocenters. The molecule has 2 atom stereocenters. The molecule has 0 spiro atoms. The second-order valence-corrected chi connectivity index (χ2v) is 12.8. The molecule has 35 heavy (non-hydrogen) atoms. The Kier molecular flexibility index (Phi) is 15.8. The molecule has 2 heterocycles. The van der Waals surface area contributed by atoms with E-state index in [1.807, 2.05) is 0 Å². The fourth-order valence-corrected chi connectivity index (χ4v) is 7.29. The molecular formula is C18H26N4O6S7. The first-order chi connectivity index (χ1) is 17.0. The van der Waals surface area contributed by atoms with E-state index in [4.69, 9.17) is 9.47 Å². The molecule has 196 valence electrons. The van der Waals surface area contributed by atoms with Gasteiger partial charge in [-0.05, 0) is 22.0 Å². The van der Waals surface area contributed by atoms with E-state index in [1.165, 1.54) is 43.5 Å². The lowest BCUT2D eigenvalue weighted by Gasteiger charge is -2.17. The van der Waals surface area contributed by atoms with Crippen molar-refractivity contribution < 1.29 is 28.7 Å². The van der Waals surface area contributed by atoms with E-state index in [9.17, 15) is 19.2 Å². The van der Waals surface area contributed by atoms with Crippen molar-refractivity contribution in [1.29, 1.82) is 0 Å². The van der Waals surface area contributed by atoms with Gasteiger partial charge in [-0.2, -0.15) is 25.3 Å². The summed E-state index contributed by atoms with van der Waals surface area (Å²) in [5.74, 6) is 1.90. The van der Waals surface area contributed by atoms with Crippen LogP contribution in [-0.2, 0) is 9.59 Å². The Labute approximate surface area is 234 Å². The molecule has 4 N–H and O–H groups in total. The topological polar surface area (TPSA) is 135 Å². The van der Waals surface area contributed by atoms with Crippen LogP contribution in [0.4, 0.5) is 0 Å². The zero-order valence-electron chi connectivity index (χ0n) is 18.4. The summed E-state index contributed by atoms with van der Waals surface area (Å²) in [4.78, 5) is 47.5. The quantitative estimate of drug-likeness (QED) is 0.0471. The number of aldehydes is 2. The van der Waals surface area contributed by atoms with Gasteiger partial charge in [0.25, 0.3) is 11.8 Å². The van der Waals surface area contributed by atoms with Crippen LogP contribution in [0.1, 0.15) is 19.3 Å². The number of carbonyl (C=O) groups is 4. The molecule has 0 bridgehead atoms. The van der Waals surface area contributed by atoms with E-state index in [0.29, 0.717) is 49.3 Å². The third kappa shape index (κ3) is 10.5. The lowest BCUT2D eigenvalue weighted by molar-refractivity contribution is -0.109. The number of carbonyl (C=O) groups excluding carboxylic acids is 4. The van der Waals surface area contributed by atoms with Crippen LogP contribution in [0.15, 0.2) is 0 Å². The number of hydrogen-bond donors (Lipinski definition) is 6. The van der Waals surface area contributed by atoms with Gasteiger partial charge in [-0.25, -0.2) is 9.44 Å². The van der Waals surface area contributed by atoms with Crippen molar-refractivity contribution >= 4 is 105 Å². The Morgan fingerprint density at radius 3 is 1.66 bits per heavy atom. The van der Waals surface area contributed by atoms with Crippen molar-refractivity contribution in [1.82, 2.24) is 20.1 Å². The first-order valence-electron chi connectivity index (χ1n) is 10.2. The van der Waals surface area contributed by atoms with Gasteiger partial charge in [-0.3, -0.25) is 9.59 Å². The SMILES string of the molecule is O=C[C@H](CS)NSSCCNC(=O)c1sc(C(=O)NCCSSN[C@H](C=O)CS)c2c1OCCO2. The van der Waals surface area contributed by atoms with Crippen LogP contribution in [0.3, 0.4) is 0 Å². The maximum Gasteiger partial charge on any atom is 0.265 e. The molecule has 1 aliphatic heterocycles. The lowest BCUT2D eigenvalue weighted by atomic mass is 10.3. The first-order valence-corrected chi connectivity index (χ1v) is 17.0. The fraction of sp³-hybridized carbons (Fsp3) is 0.556. The summed E-state index contributed by atoms with van der Waals surface area (Å²) in [6.45, 7) is 1.37. The number of nitrogens with one attached hydrogen (secondary N) is 4. The zero-order chi connectivity index (χ0) is 25.5. The van der Waals surface area contributed by atoms with E-state index >= 15 is 0 Å². The molecule has 0 saturated heterocycles. The van der Waals surface area contributed by atoms with Gasteiger partial charge >= 0.3 is 0 Å². The Balaban J connectivity index is 1.81. The standard InChI is InChI=1S/C18H26N4O6S7/c23-7-11(9-29)21-34-31-5-1-19-17(25)15-13-14(28-4-3-27-13)16(33-15)18(26)20-2-6-32-35-22-12(8-24)10-30/h7-8,11-12,21-22,29-30H,1-6,9-10H2,(H,19,25)(H,20,26)/t11-,12-/m1/s1. The van der Waals surface area contributed by atoms with Gasteiger partial charge in [0.15, 0.2) is 11.5 Å². The van der Waals surface area contributed by atoms with Gasteiger partial charge in [0, 0.05) is 36.1 Å². The predicted molar refractivity (Wildman–Crippen MR) is 154 cm³/mol. The van der Waals surface area contributed by atoms with Gasteiger partial charge in [0.05, 0.1) is 12.1 Å². The number of hydrogen-bond acceptors (Lipinski definition) is 15. The molecule has 0 aromatic carbocycles. The number of ether oxygens (including phenoxy) is 2. The highest BCUT2D eigenvalue weighted by molar-refractivity contribution is 8.76. The van der Waals surface area contributed by atoms with Crippen LogP contribution in [0.25, 0.3) is 0 Å². The maximum absolute atomic E-state index is 12.7. The van der Waals surface area contributed by atoms with Gasteiger partial charge in [0.1, 0.15) is 35.5 Å². The molecule has 2 amide bonds. The van der Waals surface area contributed by atoms with Crippen LogP contribution in [-0.4, -0.2) is 85.8 Å². The molecule has 0 aliphatic carbocycles. The Bertz CT molecular complexity index is 782. The second-order valence-electron chi connectivity index (χ2n) is 6.52. The average molecular weight is 619 g/mol. The van der Waals surface area contributed by atoms with Gasteiger partial charge in [-0.15, -0.1) is 11.3 Å². The van der Waals surface area contributed by atoms with Gasteiger partial charge in [-0.1, -0.05) is 21.6 Å². The summed E-state index contributed by atoms with van der Waals surface area (Å²) in [6, 6.07) is -0.654. The van der Waals surface area contributed by atoms with Gasteiger partial charge in [0.2, 0.25) is 0 Å². The minimum Gasteiger partial charge on any atom is -0.484 e. The molecule has 0 fully saturated rings. The normalized spacial score (nSPS) is 14.1. The Morgan fingerprint density at radius 1 is 0.857 bits per heavy atom. The van der Waals surface area contributed by atoms with Crippen molar-refractivity contribution in [3.05, 3.63) is 9.75 Å². The van der Waals surface area contributed by atoms with E-state index in [2.05, 4.69) is 45.3 Å². The highest BCUT2D eigenvalue weighted by Crippen LogP contribution is 2.44. The zero-order valence-corrected chi connectivity index (χ0v) is 24.2. The van der Waals surface area contributed by atoms with Crippen LogP contribution < -0.4 is 29.6 Å². The molecule has 1 aliphatic rings. The third-order valence-electron chi connectivity index (χ3n) is 3.99. The summed E-state index contributed by atoms with van der Waals surface area (Å²) < 4.78 is 17.2. The third-order valence-corrected chi connectivity index (χ3v) is 9.99. The summed E-state index contributed by atoms with van der Waals surface area (Å²) in [6.07, 6.45) is 1.59. The molecule has 0 radical (unpaired) electrons. The molecule has 2 rings (SSSR count). The lowest BCUT2D eigenvalue weighted by Crippen LogP contribution is -2.27. The predicted octanol–water partition coefficient (Wildman–Crippen LogP) is 1.75. The summed E-state index contributed by atoms with van der Waals surface area (Å²) in [5, 5.41) is 5.63. The van der Waals surface area contributed by atoms with E-state index in [0.717, 1.165) is 23.9 Å². The number of thiol groups is 2. The fourth-order valence-electron chi connectivity index (χ4n) is 2.31. The minimum absolute atomic E-state index is 0.288. The highest BCUT2D eigenvalue weighted by Gasteiger charge is 2.31. The van der Waals surface area contributed by atoms with Crippen molar-refractivity contribution in [2.75, 3.05) is 49.3 Å². The van der Waals surface area contributed by atoms with Crippen LogP contribution in [0.2, 0.25) is 0 Å². The average Bonchev–Trinajstić information content (AvgIpc) is 3.28. The van der Waals surface area contributed by atoms with Crippen molar-refractivity contribution in [2.24, 2.45) is 0 Å². The maximum atomic E-state index is 12.7. The summed E-state index contributed by atoms with van der Waals surface area (Å²) >= 11 is 9.17.